The van der Waals surface area contributed by atoms with Crippen molar-refractivity contribution < 1.29 is 18.7 Å². The maximum atomic E-state index is 12.9. The van der Waals surface area contributed by atoms with Gasteiger partial charge >= 0.3 is 5.63 Å². The van der Waals surface area contributed by atoms with Crippen molar-refractivity contribution in [1.82, 2.24) is 0 Å². The van der Waals surface area contributed by atoms with E-state index in [0.29, 0.717) is 38.9 Å². The SMILES string of the molecule is COc1cc(NC(=O)C(C)(C)Oc2ccc(Cl)cc2)ccc1-c1cc2ccccc2oc1=O. The van der Waals surface area contributed by atoms with E-state index in [1.165, 1.54) is 7.11 Å². The molecule has 33 heavy (non-hydrogen) atoms. The second-order valence-electron chi connectivity index (χ2n) is 7.92. The molecular weight excluding hydrogens is 442 g/mol. The van der Waals surface area contributed by atoms with E-state index in [4.69, 9.17) is 25.5 Å². The van der Waals surface area contributed by atoms with Crippen molar-refractivity contribution in [3.8, 4) is 22.6 Å². The van der Waals surface area contributed by atoms with Gasteiger partial charge in [0.05, 0.1) is 12.7 Å². The number of para-hydroxylation sites is 1. The number of halogens is 1. The second-order valence-corrected chi connectivity index (χ2v) is 8.36. The number of anilines is 1. The molecule has 7 heteroatoms. The number of carbonyl (C=O) groups is 1. The molecule has 4 aromatic rings. The topological polar surface area (TPSA) is 77.8 Å². The van der Waals surface area contributed by atoms with Crippen molar-refractivity contribution in [1.29, 1.82) is 0 Å². The van der Waals surface area contributed by atoms with Gasteiger partial charge in [-0.2, -0.15) is 0 Å². The van der Waals surface area contributed by atoms with Gasteiger partial charge in [0.15, 0.2) is 5.60 Å². The number of hydrogen-bond acceptors (Lipinski definition) is 5. The van der Waals surface area contributed by atoms with Gasteiger partial charge in [0.25, 0.3) is 5.91 Å². The molecule has 3 aromatic carbocycles. The Labute approximate surface area is 195 Å². The van der Waals surface area contributed by atoms with Crippen LogP contribution in [0.1, 0.15) is 13.8 Å². The Kier molecular flexibility index (Phi) is 6.11. The summed E-state index contributed by atoms with van der Waals surface area (Å²) in [6.07, 6.45) is 0. The third-order valence-electron chi connectivity index (χ3n) is 5.12. The van der Waals surface area contributed by atoms with Crippen LogP contribution < -0.4 is 20.4 Å². The summed E-state index contributed by atoms with van der Waals surface area (Å²) in [5.41, 5.74) is 0.317. The molecule has 4 rings (SSSR count). The Hall–Kier alpha value is -3.77. The maximum Gasteiger partial charge on any atom is 0.344 e. The highest BCUT2D eigenvalue weighted by Crippen LogP contribution is 2.32. The van der Waals surface area contributed by atoms with Gasteiger partial charge in [-0.3, -0.25) is 4.79 Å². The van der Waals surface area contributed by atoms with Gasteiger partial charge in [0.2, 0.25) is 0 Å². The first-order valence-corrected chi connectivity index (χ1v) is 10.6. The van der Waals surface area contributed by atoms with E-state index in [2.05, 4.69) is 5.32 Å². The summed E-state index contributed by atoms with van der Waals surface area (Å²) in [7, 11) is 1.50. The highest BCUT2D eigenvalue weighted by atomic mass is 35.5. The van der Waals surface area contributed by atoms with Crippen molar-refractivity contribution in [2.75, 3.05) is 12.4 Å². The summed E-state index contributed by atoms with van der Waals surface area (Å²) in [6, 6.07) is 20.9. The molecule has 0 bridgehead atoms. The standard InChI is InChI=1S/C26H22ClNO5/c1-26(2,33-19-11-8-17(27)9-12-19)25(30)28-18-10-13-20(23(15-18)31-3)21-14-16-6-4-5-7-22(16)32-24(21)29/h4-15H,1-3H3,(H,28,30). The molecule has 168 valence electrons. The molecule has 1 N–H and O–H groups in total. The molecule has 0 spiro atoms. The molecule has 0 atom stereocenters. The fourth-order valence-corrected chi connectivity index (χ4v) is 3.49. The Morgan fingerprint density at radius 1 is 0.970 bits per heavy atom. The lowest BCUT2D eigenvalue weighted by atomic mass is 10.0. The van der Waals surface area contributed by atoms with E-state index in [-0.39, 0.29) is 5.91 Å². The molecule has 0 saturated carbocycles. The van der Waals surface area contributed by atoms with Gasteiger partial charge in [0.1, 0.15) is 17.1 Å². The van der Waals surface area contributed by atoms with Crippen molar-refractivity contribution in [3.05, 3.63) is 88.2 Å². The molecule has 1 aromatic heterocycles. The average molecular weight is 464 g/mol. The van der Waals surface area contributed by atoms with E-state index < -0.39 is 11.2 Å². The van der Waals surface area contributed by atoms with Gasteiger partial charge in [-0.15, -0.1) is 0 Å². The summed E-state index contributed by atoms with van der Waals surface area (Å²) in [6.45, 7) is 3.34. The molecular formula is C26H22ClNO5. The van der Waals surface area contributed by atoms with Gasteiger partial charge < -0.3 is 19.2 Å². The maximum absolute atomic E-state index is 12.9. The normalized spacial score (nSPS) is 11.3. The summed E-state index contributed by atoms with van der Waals surface area (Å²) in [5, 5.41) is 4.22. The number of amides is 1. The van der Waals surface area contributed by atoms with Gasteiger partial charge in [0, 0.05) is 27.7 Å². The summed E-state index contributed by atoms with van der Waals surface area (Å²) < 4.78 is 16.8. The van der Waals surface area contributed by atoms with Crippen LogP contribution in [0, 0.1) is 0 Å². The minimum Gasteiger partial charge on any atom is -0.496 e. The quantitative estimate of drug-likeness (QED) is 0.359. The minimum atomic E-state index is -1.15. The smallest absolute Gasteiger partial charge is 0.344 e. The number of hydrogen-bond donors (Lipinski definition) is 1. The average Bonchev–Trinajstić information content (AvgIpc) is 2.80. The van der Waals surface area contributed by atoms with Crippen LogP contribution in [0.15, 0.2) is 82.0 Å². The first-order valence-electron chi connectivity index (χ1n) is 10.2. The van der Waals surface area contributed by atoms with Crippen LogP contribution in [-0.4, -0.2) is 18.6 Å². The van der Waals surface area contributed by atoms with Crippen LogP contribution in [0.3, 0.4) is 0 Å². The first-order chi connectivity index (χ1) is 15.8. The minimum absolute atomic E-state index is 0.350. The zero-order valence-electron chi connectivity index (χ0n) is 18.3. The highest BCUT2D eigenvalue weighted by Gasteiger charge is 2.30. The summed E-state index contributed by atoms with van der Waals surface area (Å²) in [4.78, 5) is 25.5. The molecule has 6 nitrogen and oxygen atoms in total. The predicted octanol–water partition coefficient (Wildman–Crippen LogP) is 5.92. The molecule has 1 heterocycles. The van der Waals surface area contributed by atoms with Crippen LogP contribution in [0.5, 0.6) is 11.5 Å². The Morgan fingerprint density at radius 2 is 1.70 bits per heavy atom. The number of ether oxygens (including phenoxy) is 2. The summed E-state index contributed by atoms with van der Waals surface area (Å²) >= 11 is 5.90. The zero-order valence-corrected chi connectivity index (χ0v) is 19.1. The number of rotatable bonds is 6. The van der Waals surface area contributed by atoms with Crippen LogP contribution in [0.4, 0.5) is 5.69 Å². The van der Waals surface area contributed by atoms with E-state index in [9.17, 15) is 9.59 Å². The van der Waals surface area contributed by atoms with Crippen molar-refractivity contribution in [3.63, 3.8) is 0 Å². The first kappa shape index (κ1) is 22.4. The molecule has 0 aliphatic rings. The number of methoxy groups -OCH3 is 1. The summed E-state index contributed by atoms with van der Waals surface area (Å²) in [5.74, 6) is 0.597. The van der Waals surface area contributed by atoms with Crippen molar-refractivity contribution in [2.24, 2.45) is 0 Å². The molecule has 0 fully saturated rings. The largest absolute Gasteiger partial charge is 0.496 e. The zero-order chi connectivity index (χ0) is 23.6. The molecule has 0 aliphatic heterocycles. The van der Waals surface area contributed by atoms with Crippen LogP contribution in [0.2, 0.25) is 5.02 Å². The lowest BCUT2D eigenvalue weighted by Crippen LogP contribution is -2.42. The lowest BCUT2D eigenvalue weighted by molar-refractivity contribution is -0.128. The fourth-order valence-electron chi connectivity index (χ4n) is 3.37. The van der Waals surface area contributed by atoms with Gasteiger partial charge in [-0.05, 0) is 62.4 Å². The van der Waals surface area contributed by atoms with Crippen LogP contribution in [0.25, 0.3) is 22.1 Å². The van der Waals surface area contributed by atoms with Crippen LogP contribution in [-0.2, 0) is 4.79 Å². The molecule has 0 radical (unpaired) electrons. The molecule has 0 unspecified atom stereocenters. The van der Waals surface area contributed by atoms with E-state index >= 15 is 0 Å². The molecule has 0 aliphatic carbocycles. The number of fused-ring (bicyclic) bond motifs is 1. The number of carbonyl (C=O) groups excluding carboxylic acids is 1. The third kappa shape index (κ3) is 4.86. The monoisotopic (exact) mass is 463 g/mol. The van der Waals surface area contributed by atoms with Crippen molar-refractivity contribution >= 4 is 34.2 Å². The van der Waals surface area contributed by atoms with Gasteiger partial charge in [-0.25, -0.2) is 4.79 Å². The van der Waals surface area contributed by atoms with E-state index in [0.717, 1.165) is 5.39 Å². The molecule has 0 saturated heterocycles. The van der Waals surface area contributed by atoms with Gasteiger partial charge in [-0.1, -0.05) is 29.8 Å². The Balaban J connectivity index is 1.59. The van der Waals surface area contributed by atoms with E-state index in [1.807, 2.05) is 12.1 Å². The highest BCUT2D eigenvalue weighted by molar-refractivity contribution is 6.30. The van der Waals surface area contributed by atoms with E-state index in [1.54, 1.807) is 74.5 Å². The number of benzene rings is 3. The van der Waals surface area contributed by atoms with Crippen molar-refractivity contribution in [2.45, 2.75) is 19.4 Å². The lowest BCUT2D eigenvalue weighted by Gasteiger charge is -2.25. The fraction of sp³-hybridized carbons (Fsp3) is 0.154. The Morgan fingerprint density at radius 3 is 2.42 bits per heavy atom. The Bertz CT molecular complexity index is 1380. The molecule has 1 amide bonds. The number of nitrogens with one attached hydrogen (secondary N) is 1. The third-order valence-corrected chi connectivity index (χ3v) is 5.38. The predicted molar refractivity (Wildman–Crippen MR) is 129 cm³/mol. The second kappa shape index (κ2) is 9.00. The van der Waals surface area contributed by atoms with Crippen LogP contribution >= 0.6 is 11.6 Å².